The number of nitrogens with one attached hydrogen (secondary N) is 2. The van der Waals surface area contributed by atoms with Crippen molar-refractivity contribution in [2.45, 2.75) is 18.9 Å². The van der Waals surface area contributed by atoms with Crippen molar-refractivity contribution in [2.24, 2.45) is 0 Å². The molecule has 1 aliphatic heterocycles. The van der Waals surface area contributed by atoms with Gasteiger partial charge in [-0.15, -0.1) is 0 Å². The molecule has 1 heterocycles. The average Bonchev–Trinajstić information content (AvgIpc) is 2.66. The minimum atomic E-state index is -1.24. The molecule has 1 unspecified atom stereocenters. The summed E-state index contributed by atoms with van der Waals surface area (Å²) in [7, 11) is 0. The predicted octanol–water partition coefficient (Wildman–Crippen LogP) is 0.521. The molecule has 0 saturated carbocycles. The van der Waals surface area contributed by atoms with E-state index in [1.165, 1.54) is 0 Å². The van der Waals surface area contributed by atoms with Crippen LogP contribution in [0, 0.1) is 0 Å². The average molecular weight is 264 g/mol. The molecule has 1 aliphatic rings. The van der Waals surface area contributed by atoms with E-state index in [-0.39, 0.29) is 12.3 Å². The van der Waals surface area contributed by atoms with Gasteiger partial charge in [0.15, 0.2) is 0 Å². The van der Waals surface area contributed by atoms with E-state index in [9.17, 15) is 14.4 Å². The molecule has 1 aromatic rings. The molecule has 7 heteroatoms. The summed E-state index contributed by atoms with van der Waals surface area (Å²) in [5.74, 6) is -2.55. The van der Waals surface area contributed by atoms with Crippen molar-refractivity contribution in [3.63, 3.8) is 0 Å². The molecule has 1 amide bonds. The van der Waals surface area contributed by atoms with Crippen LogP contribution < -0.4 is 10.6 Å². The van der Waals surface area contributed by atoms with Gasteiger partial charge in [0.25, 0.3) is 0 Å². The number of carbonyl (C=O) groups is 3. The zero-order chi connectivity index (χ0) is 14.0. The lowest BCUT2D eigenvalue weighted by Crippen LogP contribution is -2.31. The summed E-state index contributed by atoms with van der Waals surface area (Å²) >= 11 is 0. The van der Waals surface area contributed by atoms with E-state index in [0.29, 0.717) is 11.4 Å². The molecule has 0 saturated heterocycles. The number of hydrogen-bond acceptors (Lipinski definition) is 4. The first kappa shape index (κ1) is 12.9. The molecule has 0 aliphatic carbocycles. The number of amides is 1. The smallest absolute Gasteiger partial charge is 0.326 e. The molecule has 1 aromatic carbocycles. The van der Waals surface area contributed by atoms with Crippen molar-refractivity contribution in [1.29, 1.82) is 0 Å². The van der Waals surface area contributed by atoms with Crippen molar-refractivity contribution < 1.29 is 24.6 Å². The van der Waals surface area contributed by atoms with Gasteiger partial charge in [0.1, 0.15) is 6.04 Å². The van der Waals surface area contributed by atoms with Crippen LogP contribution in [0.15, 0.2) is 18.2 Å². The summed E-state index contributed by atoms with van der Waals surface area (Å²) in [6.45, 7) is 0. The van der Waals surface area contributed by atoms with Crippen LogP contribution in [-0.2, 0) is 20.8 Å². The maximum Gasteiger partial charge on any atom is 0.326 e. The third-order valence-corrected chi connectivity index (χ3v) is 2.75. The zero-order valence-corrected chi connectivity index (χ0v) is 9.84. The zero-order valence-electron chi connectivity index (χ0n) is 9.84. The number of rotatable bonds is 5. The van der Waals surface area contributed by atoms with Crippen LogP contribution in [0.4, 0.5) is 11.4 Å². The van der Waals surface area contributed by atoms with Crippen LogP contribution in [0.25, 0.3) is 0 Å². The minimum Gasteiger partial charge on any atom is -0.481 e. The lowest BCUT2D eigenvalue weighted by atomic mass is 10.1. The van der Waals surface area contributed by atoms with Crippen LogP contribution in [0.2, 0.25) is 0 Å². The van der Waals surface area contributed by atoms with Gasteiger partial charge in [0.2, 0.25) is 5.91 Å². The molecule has 0 spiro atoms. The molecule has 100 valence electrons. The van der Waals surface area contributed by atoms with Gasteiger partial charge in [-0.2, -0.15) is 0 Å². The summed E-state index contributed by atoms with van der Waals surface area (Å²) in [5.41, 5.74) is 1.93. The molecule has 2 rings (SSSR count). The third-order valence-electron chi connectivity index (χ3n) is 2.75. The number of benzene rings is 1. The van der Waals surface area contributed by atoms with Crippen LogP contribution >= 0.6 is 0 Å². The van der Waals surface area contributed by atoms with Crippen LogP contribution in [0.3, 0.4) is 0 Å². The highest BCUT2D eigenvalue weighted by Crippen LogP contribution is 2.26. The first-order valence-corrected chi connectivity index (χ1v) is 5.59. The van der Waals surface area contributed by atoms with E-state index >= 15 is 0 Å². The largest absolute Gasteiger partial charge is 0.481 e. The van der Waals surface area contributed by atoms with Gasteiger partial charge in [-0.3, -0.25) is 9.59 Å². The van der Waals surface area contributed by atoms with Crippen molar-refractivity contribution in [3.8, 4) is 0 Å². The number of carboxylic acid groups (broad SMARTS) is 2. The standard InChI is InChI=1S/C12H12N2O5/c15-10-4-6-3-7(1-2-8(6)14-10)13-9(12(18)19)5-11(16)17/h1-3,9,13H,4-5H2,(H,14,15)(H,16,17)(H,18,19). The van der Waals surface area contributed by atoms with Gasteiger partial charge in [-0.25, -0.2) is 4.79 Å². The van der Waals surface area contributed by atoms with Gasteiger partial charge in [-0.05, 0) is 23.8 Å². The third kappa shape index (κ3) is 3.01. The van der Waals surface area contributed by atoms with Gasteiger partial charge in [0, 0.05) is 11.4 Å². The van der Waals surface area contributed by atoms with Crippen molar-refractivity contribution in [3.05, 3.63) is 23.8 Å². The molecule has 4 N–H and O–H groups in total. The van der Waals surface area contributed by atoms with Crippen molar-refractivity contribution in [1.82, 2.24) is 0 Å². The SMILES string of the molecule is O=C(O)CC(Nc1ccc2c(c1)CC(=O)N2)C(=O)O. The van der Waals surface area contributed by atoms with Gasteiger partial charge >= 0.3 is 11.9 Å². The second kappa shape index (κ2) is 4.97. The van der Waals surface area contributed by atoms with E-state index < -0.39 is 24.4 Å². The van der Waals surface area contributed by atoms with Gasteiger partial charge in [0.05, 0.1) is 12.8 Å². The van der Waals surface area contributed by atoms with Gasteiger partial charge in [-0.1, -0.05) is 0 Å². The molecule has 19 heavy (non-hydrogen) atoms. The highest BCUT2D eigenvalue weighted by atomic mass is 16.4. The van der Waals surface area contributed by atoms with Crippen molar-refractivity contribution >= 4 is 29.2 Å². The van der Waals surface area contributed by atoms with E-state index in [4.69, 9.17) is 10.2 Å². The monoisotopic (exact) mass is 264 g/mol. The fraction of sp³-hybridized carbons (Fsp3) is 0.250. The number of hydrogen-bond donors (Lipinski definition) is 4. The van der Waals surface area contributed by atoms with Crippen molar-refractivity contribution in [2.75, 3.05) is 10.6 Å². The highest BCUT2D eigenvalue weighted by molar-refractivity contribution is 5.99. The van der Waals surface area contributed by atoms with Crippen LogP contribution in [-0.4, -0.2) is 34.1 Å². The number of carboxylic acids is 2. The molecule has 0 radical (unpaired) electrons. The molecule has 0 aromatic heterocycles. The lowest BCUT2D eigenvalue weighted by Gasteiger charge is -2.14. The Hall–Kier alpha value is -2.57. The number of fused-ring (bicyclic) bond motifs is 1. The molecule has 0 bridgehead atoms. The number of aliphatic carboxylic acids is 2. The Kier molecular flexibility index (Phi) is 3.37. The predicted molar refractivity (Wildman–Crippen MR) is 66.1 cm³/mol. The van der Waals surface area contributed by atoms with Crippen LogP contribution in [0.1, 0.15) is 12.0 Å². The second-order valence-corrected chi connectivity index (χ2v) is 4.23. The molecule has 1 atom stereocenters. The molecular formula is C12H12N2O5. The fourth-order valence-electron chi connectivity index (χ4n) is 1.89. The topological polar surface area (TPSA) is 116 Å². The van der Waals surface area contributed by atoms with E-state index in [1.807, 2.05) is 0 Å². The first-order valence-electron chi connectivity index (χ1n) is 5.59. The molecule has 0 fully saturated rings. The number of anilines is 2. The summed E-state index contributed by atoms with van der Waals surface area (Å²) in [6.07, 6.45) is -0.287. The Bertz CT molecular complexity index is 555. The maximum absolute atomic E-state index is 11.2. The maximum atomic E-state index is 11.2. The second-order valence-electron chi connectivity index (χ2n) is 4.23. The van der Waals surface area contributed by atoms with E-state index in [0.717, 1.165) is 5.56 Å². The first-order chi connectivity index (χ1) is 8.95. The summed E-state index contributed by atoms with van der Waals surface area (Å²) in [4.78, 5) is 32.7. The Balaban J connectivity index is 2.14. The summed E-state index contributed by atoms with van der Waals surface area (Å²) in [5, 5.41) is 22.9. The normalized spacial score (nSPS) is 14.4. The van der Waals surface area contributed by atoms with Crippen LogP contribution in [0.5, 0.6) is 0 Å². The minimum absolute atomic E-state index is 0.118. The quantitative estimate of drug-likeness (QED) is 0.616. The number of carbonyl (C=O) groups excluding carboxylic acids is 1. The Labute approximate surface area is 108 Å². The van der Waals surface area contributed by atoms with Gasteiger partial charge < -0.3 is 20.8 Å². The Morgan fingerprint density at radius 3 is 2.74 bits per heavy atom. The molecule has 7 nitrogen and oxygen atoms in total. The molecular weight excluding hydrogens is 252 g/mol. The summed E-state index contributed by atoms with van der Waals surface area (Å²) in [6, 6.07) is 3.69. The Morgan fingerprint density at radius 1 is 1.37 bits per heavy atom. The summed E-state index contributed by atoms with van der Waals surface area (Å²) < 4.78 is 0. The highest BCUT2D eigenvalue weighted by Gasteiger charge is 2.22. The van der Waals surface area contributed by atoms with E-state index in [2.05, 4.69) is 10.6 Å². The lowest BCUT2D eigenvalue weighted by molar-refractivity contribution is -0.144. The fourth-order valence-corrected chi connectivity index (χ4v) is 1.89. The van der Waals surface area contributed by atoms with E-state index in [1.54, 1.807) is 18.2 Å². The Morgan fingerprint density at radius 2 is 2.11 bits per heavy atom.